The summed E-state index contributed by atoms with van der Waals surface area (Å²) in [5, 5.41) is 3.27. The van der Waals surface area contributed by atoms with Gasteiger partial charge in [-0.25, -0.2) is 9.97 Å². The molecule has 158 valence electrons. The lowest BCUT2D eigenvalue weighted by atomic mass is 10.1. The van der Waals surface area contributed by atoms with Gasteiger partial charge in [0.25, 0.3) is 11.5 Å². The van der Waals surface area contributed by atoms with E-state index in [4.69, 9.17) is 0 Å². The number of aromatic amines is 2. The van der Waals surface area contributed by atoms with Crippen molar-refractivity contribution in [2.45, 2.75) is 15.8 Å². The van der Waals surface area contributed by atoms with Crippen LogP contribution in [0.2, 0.25) is 0 Å². The summed E-state index contributed by atoms with van der Waals surface area (Å²) in [5.41, 5.74) is 1.80. The quantitative estimate of drug-likeness (QED) is 0.298. The Morgan fingerprint density at radius 1 is 1.13 bits per heavy atom. The van der Waals surface area contributed by atoms with Gasteiger partial charge in [-0.1, -0.05) is 30.0 Å². The number of nitrogens with zero attached hydrogens (tertiary/aromatic N) is 2. The summed E-state index contributed by atoms with van der Waals surface area (Å²) in [4.78, 5) is 37.4. The number of imidazole rings is 1. The van der Waals surface area contributed by atoms with Crippen molar-refractivity contribution in [3.05, 3.63) is 76.3 Å². The Kier molecular flexibility index (Phi) is 5.57. The number of amides is 1. The number of aromatic nitrogens is 4. The second kappa shape index (κ2) is 8.32. The maximum Gasteiger partial charge on any atom is 0.332 e. The molecule has 2 heterocycles. The average molecular weight is 459 g/mol. The van der Waals surface area contributed by atoms with E-state index in [1.165, 1.54) is 30.2 Å². The van der Waals surface area contributed by atoms with Crippen LogP contribution in [0.3, 0.4) is 0 Å². The molecule has 0 saturated carbocycles. The Morgan fingerprint density at radius 2 is 1.87 bits per heavy atom. The van der Waals surface area contributed by atoms with E-state index in [0.717, 1.165) is 17.7 Å². The van der Waals surface area contributed by atoms with Crippen molar-refractivity contribution in [1.82, 2.24) is 19.9 Å². The van der Waals surface area contributed by atoms with Crippen molar-refractivity contribution >= 4 is 44.7 Å². The predicted molar refractivity (Wildman–Crippen MR) is 113 cm³/mol. The van der Waals surface area contributed by atoms with Crippen molar-refractivity contribution < 1.29 is 17.1 Å². The van der Waals surface area contributed by atoms with E-state index in [1.54, 1.807) is 12.1 Å². The monoisotopic (exact) mass is 459 g/mol. The summed E-state index contributed by atoms with van der Waals surface area (Å²) in [6.45, 7) is 0. The SMILES string of the molecule is O=C(Nc1ccccc1CSc1nc2nc[nH]c(=O)c2[nH]1)c1ccc(S(=O)(=O)F)cc1. The van der Waals surface area contributed by atoms with E-state index in [2.05, 4.69) is 25.3 Å². The molecule has 0 unspecified atom stereocenters. The van der Waals surface area contributed by atoms with Gasteiger partial charge >= 0.3 is 10.2 Å². The lowest BCUT2D eigenvalue weighted by Gasteiger charge is -2.10. The Hall–Kier alpha value is -3.51. The average Bonchev–Trinajstić information content (AvgIpc) is 3.17. The van der Waals surface area contributed by atoms with Gasteiger partial charge in [-0.2, -0.15) is 8.42 Å². The topological polar surface area (TPSA) is 138 Å². The minimum Gasteiger partial charge on any atom is -0.327 e. The van der Waals surface area contributed by atoms with Crippen LogP contribution in [-0.4, -0.2) is 34.3 Å². The van der Waals surface area contributed by atoms with Gasteiger partial charge in [-0.05, 0) is 35.9 Å². The molecular formula is C19H14FN5O4S2. The molecule has 0 radical (unpaired) electrons. The fourth-order valence-electron chi connectivity index (χ4n) is 2.76. The van der Waals surface area contributed by atoms with Crippen molar-refractivity contribution in [2.75, 3.05) is 5.32 Å². The third-order valence-corrected chi connectivity index (χ3v) is 6.06. The van der Waals surface area contributed by atoms with Gasteiger partial charge < -0.3 is 15.3 Å². The largest absolute Gasteiger partial charge is 0.332 e. The number of halogens is 1. The first-order valence-corrected chi connectivity index (χ1v) is 11.2. The molecule has 0 saturated heterocycles. The highest BCUT2D eigenvalue weighted by molar-refractivity contribution is 7.98. The van der Waals surface area contributed by atoms with E-state index < -0.39 is 21.0 Å². The molecule has 9 nitrogen and oxygen atoms in total. The van der Waals surface area contributed by atoms with Crippen LogP contribution in [0, 0.1) is 0 Å². The molecule has 4 rings (SSSR count). The molecule has 0 aliphatic rings. The molecule has 1 amide bonds. The normalized spacial score (nSPS) is 11.5. The van der Waals surface area contributed by atoms with Crippen LogP contribution in [-0.2, 0) is 16.0 Å². The number of carbonyl (C=O) groups excluding carboxylic acids is 1. The fraction of sp³-hybridized carbons (Fsp3) is 0.0526. The highest BCUT2D eigenvalue weighted by Crippen LogP contribution is 2.26. The maximum absolute atomic E-state index is 13.0. The molecule has 0 aliphatic carbocycles. The molecule has 0 bridgehead atoms. The summed E-state index contributed by atoms with van der Waals surface area (Å²) in [6, 6.07) is 11.7. The molecular weight excluding hydrogens is 445 g/mol. The maximum atomic E-state index is 13.0. The standard InChI is InChI=1S/C19H14FN5O4S2/c20-31(28,29)13-7-5-11(6-8-13)17(26)23-14-4-2-1-3-12(14)9-30-19-24-15-16(25-19)21-10-22-18(15)27/h1-8,10H,9H2,(H,23,26)(H2,21,22,24,25,27). The lowest BCUT2D eigenvalue weighted by molar-refractivity contribution is 0.102. The molecule has 3 N–H and O–H groups in total. The molecule has 12 heteroatoms. The Morgan fingerprint density at radius 3 is 2.58 bits per heavy atom. The smallest absolute Gasteiger partial charge is 0.327 e. The van der Waals surface area contributed by atoms with Crippen LogP contribution in [0.15, 0.2) is 69.7 Å². The van der Waals surface area contributed by atoms with E-state index in [0.29, 0.717) is 22.2 Å². The number of fused-ring (bicyclic) bond motifs is 1. The van der Waals surface area contributed by atoms with Gasteiger partial charge in [0.05, 0.1) is 11.2 Å². The number of benzene rings is 2. The second-order valence-corrected chi connectivity index (χ2v) is 8.65. The first kappa shape index (κ1) is 20.8. The van der Waals surface area contributed by atoms with E-state index in [1.807, 2.05) is 12.1 Å². The number of thioether (sulfide) groups is 1. The minimum absolute atomic E-state index is 0.178. The molecule has 31 heavy (non-hydrogen) atoms. The highest BCUT2D eigenvalue weighted by atomic mass is 32.3. The first-order valence-electron chi connectivity index (χ1n) is 8.81. The zero-order valence-corrected chi connectivity index (χ0v) is 17.3. The first-order chi connectivity index (χ1) is 14.8. The summed E-state index contributed by atoms with van der Waals surface area (Å²) < 4.78 is 34.8. The second-order valence-electron chi connectivity index (χ2n) is 6.33. The molecule has 4 aromatic rings. The van der Waals surface area contributed by atoms with Gasteiger partial charge in [-0.3, -0.25) is 9.59 Å². The highest BCUT2D eigenvalue weighted by Gasteiger charge is 2.14. The van der Waals surface area contributed by atoms with Crippen molar-refractivity contribution in [1.29, 1.82) is 0 Å². The van der Waals surface area contributed by atoms with Crippen LogP contribution in [0.1, 0.15) is 15.9 Å². The number of hydrogen-bond acceptors (Lipinski definition) is 7. The zero-order chi connectivity index (χ0) is 22.0. The lowest BCUT2D eigenvalue weighted by Crippen LogP contribution is -2.13. The number of rotatable bonds is 6. The predicted octanol–water partition coefficient (Wildman–Crippen LogP) is 2.85. The van der Waals surface area contributed by atoms with E-state index in [-0.39, 0.29) is 16.6 Å². The van der Waals surface area contributed by atoms with Gasteiger partial charge in [0.15, 0.2) is 16.3 Å². The van der Waals surface area contributed by atoms with Gasteiger partial charge in [0.1, 0.15) is 0 Å². The molecule has 0 atom stereocenters. The molecule has 0 spiro atoms. The van der Waals surface area contributed by atoms with E-state index in [9.17, 15) is 21.9 Å². The number of carbonyl (C=O) groups is 1. The van der Waals surface area contributed by atoms with Crippen LogP contribution in [0.5, 0.6) is 0 Å². The molecule has 0 aliphatic heterocycles. The Labute approximate surface area is 179 Å². The molecule has 2 aromatic carbocycles. The Balaban J connectivity index is 1.49. The van der Waals surface area contributed by atoms with Crippen LogP contribution >= 0.6 is 11.8 Å². The van der Waals surface area contributed by atoms with Crippen molar-refractivity contribution in [3.8, 4) is 0 Å². The number of para-hydroxylation sites is 1. The number of H-pyrrole nitrogens is 2. The number of anilines is 1. The third-order valence-electron chi connectivity index (χ3n) is 4.30. The minimum atomic E-state index is -4.83. The number of hydrogen-bond donors (Lipinski definition) is 3. The van der Waals surface area contributed by atoms with Crippen LogP contribution in [0.4, 0.5) is 9.57 Å². The summed E-state index contributed by atoms with van der Waals surface area (Å²) in [6.07, 6.45) is 1.28. The molecule has 0 fully saturated rings. The van der Waals surface area contributed by atoms with Crippen molar-refractivity contribution in [3.63, 3.8) is 0 Å². The number of nitrogens with one attached hydrogen (secondary N) is 3. The Bertz CT molecular complexity index is 1430. The van der Waals surface area contributed by atoms with Crippen molar-refractivity contribution in [2.24, 2.45) is 0 Å². The van der Waals surface area contributed by atoms with Gasteiger partial charge in [0.2, 0.25) is 0 Å². The van der Waals surface area contributed by atoms with Gasteiger partial charge in [-0.15, -0.1) is 3.89 Å². The summed E-state index contributed by atoms with van der Waals surface area (Å²) in [5.74, 6) is -0.0348. The summed E-state index contributed by atoms with van der Waals surface area (Å²) in [7, 11) is -4.83. The zero-order valence-electron chi connectivity index (χ0n) is 15.6. The molecule has 2 aromatic heterocycles. The van der Waals surface area contributed by atoms with E-state index >= 15 is 0 Å². The van der Waals surface area contributed by atoms with Crippen LogP contribution in [0.25, 0.3) is 11.2 Å². The third kappa shape index (κ3) is 4.64. The summed E-state index contributed by atoms with van der Waals surface area (Å²) >= 11 is 1.33. The van der Waals surface area contributed by atoms with Crippen LogP contribution < -0.4 is 10.9 Å². The fourth-order valence-corrected chi connectivity index (χ4v) is 4.10. The van der Waals surface area contributed by atoms with Gasteiger partial charge in [0, 0.05) is 17.0 Å².